The number of rotatable bonds is 12. The summed E-state index contributed by atoms with van der Waals surface area (Å²) < 4.78 is 5.54. The second-order valence-corrected chi connectivity index (χ2v) is 8.92. The van der Waals surface area contributed by atoms with E-state index in [9.17, 15) is 14.4 Å². The molecular formula is C27H34N2O5. The number of amides is 2. The van der Waals surface area contributed by atoms with E-state index in [1.54, 1.807) is 6.92 Å². The van der Waals surface area contributed by atoms with Crippen molar-refractivity contribution in [1.82, 2.24) is 10.6 Å². The second-order valence-electron chi connectivity index (χ2n) is 8.92. The van der Waals surface area contributed by atoms with Crippen LogP contribution in [-0.4, -0.2) is 42.3 Å². The molecule has 1 aliphatic carbocycles. The van der Waals surface area contributed by atoms with Crippen LogP contribution in [0.2, 0.25) is 0 Å². The van der Waals surface area contributed by atoms with Crippen molar-refractivity contribution in [2.24, 2.45) is 5.92 Å². The number of carboxylic acid groups (broad SMARTS) is 1. The molecule has 0 bridgehead atoms. The van der Waals surface area contributed by atoms with Gasteiger partial charge in [-0.3, -0.25) is 9.59 Å². The van der Waals surface area contributed by atoms with E-state index in [0.717, 1.165) is 24.0 Å². The van der Waals surface area contributed by atoms with E-state index in [-0.39, 0.29) is 43.2 Å². The third-order valence-corrected chi connectivity index (χ3v) is 6.42. The zero-order chi connectivity index (χ0) is 24.5. The zero-order valence-corrected chi connectivity index (χ0v) is 19.9. The van der Waals surface area contributed by atoms with Crippen LogP contribution in [0.1, 0.15) is 63.0 Å². The molecule has 2 aromatic carbocycles. The van der Waals surface area contributed by atoms with Crippen molar-refractivity contribution in [2.45, 2.75) is 57.9 Å². The van der Waals surface area contributed by atoms with Gasteiger partial charge in [0, 0.05) is 31.3 Å². The summed E-state index contributed by atoms with van der Waals surface area (Å²) in [6.07, 6.45) is 1.99. The van der Waals surface area contributed by atoms with E-state index in [2.05, 4.69) is 34.9 Å². The Morgan fingerprint density at radius 2 is 1.62 bits per heavy atom. The van der Waals surface area contributed by atoms with Gasteiger partial charge in [0.1, 0.15) is 6.61 Å². The molecule has 1 aliphatic rings. The Morgan fingerprint density at radius 1 is 1.00 bits per heavy atom. The first kappa shape index (κ1) is 25.3. The highest BCUT2D eigenvalue weighted by Gasteiger charge is 2.29. The molecule has 182 valence electrons. The van der Waals surface area contributed by atoms with Crippen LogP contribution in [0.5, 0.6) is 0 Å². The van der Waals surface area contributed by atoms with Crippen molar-refractivity contribution in [2.75, 3.05) is 13.2 Å². The van der Waals surface area contributed by atoms with E-state index >= 15 is 0 Å². The molecule has 2 atom stereocenters. The number of hydrogen-bond acceptors (Lipinski definition) is 4. The minimum Gasteiger partial charge on any atom is -0.481 e. The highest BCUT2D eigenvalue weighted by atomic mass is 16.5. The van der Waals surface area contributed by atoms with Crippen molar-refractivity contribution in [3.63, 3.8) is 0 Å². The summed E-state index contributed by atoms with van der Waals surface area (Å²) in [6, 6.07) is 15.9. The smallest absolute Gasteiger partial charge is 0.407 e. The largest absolute Gasteiger partial charge is 0.481 e. The third kappa shape index (κ3) is 6.83. The van der Waals surface area contributed by atoms with Crippen LogP contribution < -0.4 is 10.6 Å². The number of ether oxygens (including phenoxy) is 1. The average molecular weight is 467 g/mol. The van der Waals surface area contributed by atoms with E-state index in [1.807, 2.05) is 31.2 Å². The molecule has 0 aromatic heterocycles. The Kier molecular flexibility index (Phi) is 9.08. The quantitative estimate of drug-likeness (QED) is 0.421. The zero-order valence-electron chi connectivity index (χ0n) is 19.9. The van der Waals surface area contributed by atoms with Gasteiger partial charge in [0.15, 0.2) is 0 Å². The van der Waals surface area contributed by atoms with Gasteiger partial charge < -0.3 is 20.5 Å². The Hall–Kier alpha value is -3.35. The minimum atomic E-state index is -0.796. The maximum absolute atomic E-state index is 12.4. The number of benzene rings is 2. The monoisotopic (exact) mass is 466 g/mol. The Balaban J connectivity index is 1.41. The van der Waals surface area contributed by atoms with E-state index < -0.39 is 12.1 Å². The fraction of sp³-hybridized carbons (Fsp3) is 0.444. The molecule has 0 spiro atoms. The predicted molar refractivity (Wildman–Crippen MR) is 131 cm³/mol. The first-order valence-corrected chi connectivity index (χ1v) is 12.0. The van der Waals surface area contributed by atoms with Crippen molar-refractivity contribution < 1.29 is 24.2 Å². The number of fused-ring (bicyclic) bond motifs is 3. The summed E-state index contributed by atoms with van der Waals surface area (Å²) in [5.41, 5.74) is 4.64. The summed E-state index contributed by atoms with van der Waals surface area (Å²) in [5, 5.41) is 14.4. The Morgan fingerprint density at radius 3 is 2.21 bits per heavy atom. The summed E-state index contributed by atoms with van der Waals surface area (Å²) in [4.78, 5) is 35.3. The molecular weight excluding hydrogens is 432 g/mol. The molecule has 2 unspecified atom stereocenters. The van der Waals surface area contributed by atoms with Gasteiger partial charge in [0.05, 0.1) is 0 Å². The molecule has 0 heterocycles. The number of carboxylic acids is 1. The molecule has 34 heavy (non-hydrogen) atoms. The van der Waals surface area contributed by atoms with Gasteiger partial charge in [-0.25, -0.2) is 4.79 Å². The molecule has 7 nitrogen and oxygen atoms in total. The molecule has 3 N–H and O–H groups in total. The summed E-state index contributed by atoms with van der Waals surface area (Å²) in [7, 11) is 0. The number of hydrogen-bond donors (Lipinski definition) is 3. The molecule has 0 aliphatic heterocycles. The molecule has 0 radical (unpaired) electrons. The molecule has 0 saturated carbocycles. The lowest BCUT2D eigenvalue weighted by molar-refractivity contribution is -0.137. The van der Waals surface area contributed by atoms with Crippen LogP contribution in [0.25, 0.3) is 11.1 Å². The van der Waals surface area contributed by atoms with Gasteiger partial charge in [0.25, 0.3) is 0 Å². The molecule has 0 fully saturated rings. The number of nitrogens with one attached hydrogen (secondary N) is 2. The number of alkyl carbamates (subject to hydrolysis) is 1. The Labute approximate surface area is 200 Å². The fourth-order valence-corrected chi connectivity index (χ4v) is 4.54. The van der Waals surface area contributed by atoms with Crippen LogP contribution in [0.3, 0.4) is 0 Å². The molecule has 3 rings (SSSR count). The van der Waals surface area contributed by atoms with Gasteiger partial charge >= 0.3 is 12.1 Å². The number of carbonyl (C=O) groups is 3. The number of aliphatic carboxylic acids is 1. The molecule has 0 saturated heterocycles. The van der Waals surface area contributed by atoms with Gasteiger partial charge in [-0.2, -0.15) is 0 Å². The molecule has 2 aromatic rings. The van der Waals surface area contributed by atoms with Crippen molar-refractivity contribution in [3.05, 3.63) is 59.7 Å². The summed E-state index contributed by atoms with van der Waals surface area (Å²) in [6.45, 7) is 4.51. The van der Waals surface area contributed by atoms with Crippen molar-refractivity contribution >= 4 is 18.0 Å². The highest BCUT2D eigenvalue weighted by molar-refractivity contribution is 5.79. The molecule has 7 heteroatoms. The standard InChI is InChI=1S/C27H34N2O5/c1-3-19(12-13-26(31)32)14-15-28-25(30)16-18(2)29-27(33)34-17-24-22-10-6-4-8-20(22)21-9-5-7-11-23(21)24/h4-11,18-19,24H,3,12-17H2,1-2H3,(H,28,30)(H,29,33)(H,31,32). The number of carbonyl (C=O) groups excluding carboxylic acids is 2. The van der Waals surface area contributed by atoms with Gasteiger partial charge in [-0.1, -0.05) is 61.9 Å². The van der Waals surface area contributed by atoms with E-state index in [0.29, 0.717) is 13.0 Å². The van der Waals surface area contributed by atoms with Crippen LogP contribution >= 0.6 is 0 Å². The third-order valence-electron chi connectivity index (χ3n) is 6.42. The lowest BCUT2D eigenvalue weighted by Crippen LogP contribution is -2.38. The van der Waals surface area contributed by atoms with Crippen LogP contribution in [-0.2, 0) is 14.3 Å². The lowest BCUT2D eigenvalue weighted by atomic mass is 9.96. The maximum Gasteiger partial charge on any atom is 0.407 e. The summed E-state index contributed by atoms with van der Waals surface area (Å²) >= 11 is 0. The minimum absolute atomic E-state index is 0.00982. The van der Waals surface area contributed by atoms with Gasteiger partial charge in [0.2, 0.25) is 5.91 Å². The normalized spacial score (nSPS) is 13.9. The van der Waals surface area contributed by atoms with Crippen LogP contribution in [0.4, 0.5) is 4.79 Å². The summed E-state index contributed by atoms with van der Waals surface area (Å²) in [5.74, 6) is -0.688. The lowest BCUT2D eigenvalue weighted by Gasteiger charge is -2.18. The van der Waals surface area contributed by atoms with Crippen molar-refractivity contribution in [1.29, 1.82) is 0 Å². The molecule has 2 amide bonds. The van der Waals surface area contributed by atoms with Crippen LogP contribution in [0, 0.1) is 5.92 Å². The fourth-order valence-electron chi connectivity index (χ4n) is 4.54. The van der Waals surface area contributed by atoms with E-state index in [4.69, 9.17) is 9.84 Å². The van der Waals surface area contributed by atoms with Crippen LogP contribution in [0.15, 0.2) is 48.5 Å². The average Bonchev–Trinajstić information content (AvgIpc) is 3.13. The van der Waals surface area contributed by atoms with Crippen molar-refractivity contribution in [3.8, 4) is 11.1 Å². The predicted octanol–water partition coefficient (Wildman–Crippen LogP) is 4.70. The van der Waals surface area contributed by atoms with E-state index in [1.165, 1.54) is 11.1 Å². The first-order valence-electron chi connectivity index (χ1n) is 12.0. The maximum atomic E-state index is 12.4. The Bertz CT molecular complexity index is 961. The van der Waals surface area contributed by atoms with Gasteiger partial charge in [-0.15, -0.1) is 0 Å². The highest BCUT2D eigenvalue weighted by Crippen LogP contribution is 2.44. The second kappa shape index (κ2) is 12.2. The topological polar surface area (TPSA) is 105 Å². The SMILES string of the molecule is CCC(CCNC(=O)CC(C)NC(=O)OCC1c2ccccc2-c2ccccc21)CCC(=O)O. The van der Waals surface area contributed by atoms with Gasteiger partial charge in [-0.05, 0) is 47.9 Å². The first-order chi connectivity index (χ1) is 16.4.